The van der Waals surface area contributed by atoms with E-state index >= 15 is 0 Å². The maximum absolute atomic E-state index is 13.1. The number of alkyl carbamates (subject to hydrolysis) is 1. The van der Waals surface area contributed by atoms with Crippen LogP contribution in [-0.4, -0.2) is 30.3 Å². The Kier molecular flexibility index (Phi) is 9.85. The number of benzene rings is 4. The van der Waals surface area contributed by atoms with Crippen molar-refractivity contribution in [3.8, 4) is 11.5 Å². The average molecular weight is 635 g/mol. The van der Waals surface area contributed by atoms with Gasteiger partial charge in [0.2, 0.25) is 0 Å². The summed E-state index contributed by atoms with van der Waals surface area (Å²) in [5.74, 6) is -1.17. The molecule has 0 heterocycles. The van der Waals surface area contributed by atoms with Crippen molar-refractivity contribution in [2.75, 3.05) is 6.54 Å². The van der Waals surface area contributed by atoms with Crippen LogP contribution in [0.4, 0.5) is 36.8 Å². The van der Waals surface area contributed by atoms with Gasteiger partial charge in [-0.2, -0.15) is 0 Å². The van der Waals surface area contributed by atoms with Crippen molar-refractivity contribution in [2.45, 2.75) is 31.2 Å². The van der Waals surface area contributed by atoms with Gasteiger partial charge in [-0.1, -0.05) is 54.6 Å². The van der Waals surface area contributed by atoms with E-state index in [1.54, 1.807) is 30.3 Å². The molecular weight excluding hydrogens is 610 g/mol. The summed E-state index contributed by atoms with van der Waals surface area (Å²) in [5, 5.41) is 13.5. The second-order valence-electron chi connectivity index (χ2n) is 9.75. The Morgan fingerprint density at radius 2 is 1.24 bits per heavy atom. The minimum absolute atomic E-state index is 0.00140. The predicted octanol–water partition coefficient (Wildman–Crippen LogP) is 7.85. The molecule has 0 saturated carbocycles. The van der Waals surface area contributed by atoms with Crippen LogP contribution in [0, 0.1) is 10.1 Å². The van der Waals surface area contributed by atoms with Crippen LogP contribution in [0.5, 0.6) is 11.5 Å². The van der Waals surface area contributed by atoms with E-state index in [0.29, 0.717) is 11.1 Å². The summed E-state index contributed by atoms with van der Waals surface area (Å²) >= 11 is 0. The van der Waals surface area contributed by atoms with Crippen LogP contribution < -0.4 is 14.8 Å². The standard InChI is InChI=1S/C31H24F6N2O6/c32-30(33,34)44-26-10-4-8-23(16-26)29(18-21-6-2-1-3-7-21,24-9-5-11-27(17-24)45-31(35,36)37)20-38-28(40)43-19-22-12-14-25(15-13-22)39(41)42/h1-17H,18-20H2,(H,38,40). The summed E-state index contributed by atoms with van der Waals surface area (Å²) in [6.45, 7) is -0.634. The van der Waals surface area contributed by atoms with Crippen LogP contribution in [0.2, 0.25) is 0 Å². The van der Waals surface area contributed by atoms with Gasteiger partial charge in [-0.25, -0.2) is 4.79 Å². The van der Waals surface area contributed by atoms with E-state index in [1.807, 2.05) is 0 Å². The van der Waals surface area contributed by atoms with Gasteiger partial charge in [0.1, 0.15) is 18.1 Å². The van der Waals surface area contributed by atoms with Gasteiger partial charge in [0.25, 0.3) is 5.69 Å². The molecule has 1 N–H and O–H groups in total. The minimum atomic E-state index is -5.03. The first-order valence-corrected chi connectivity index (χ1v) is 13.1. The Hall–Kier alpha value is -5.27. The molecule has 8 nitrogen and oxygen atoms in total. The molecule has 0 saturated heterocycles. The summed E-state index contributed by atoms with van der Waals surface area (Å²) in [5.41, 5.74) is -0.227. The number of halogens is 6. The number of alkyl halides is 6. The number of nitro benzene ring substituents is 1. The van der Waals surface area contributed by atoms with E-state index in [9.17, 15) is 41.3 Å². The molecule has 0 aliphatic heterocycles. The van der Waals surface area contributed by atoms with Gasteiger partial charge >= 0.3 is 18.8 Å². The summed E-state index contributed by atoms with van der Waals surface area (Å²) in [4.78, 5) is 23.2. The molecular formula is C31H24F6N2O6. The van der Waals surface area contributed by atoms with Gasteiger partial charge in [-0.15, -0.1) is 26.3 Å². The van der Waals surface area contributed by atoms with E-state index in [1.165, 1.54) is 48.5 Å². The number of nitro groups is 1. The molecule has 0 atom stereocenters. The number of non-ortho nitro benzene ring substituents is 1. The maximum Gasteiger partial charge on any atom is 0.573 e. The van der Waals surface area contributed by atoms with Crippen molar-refractivity contribution in [2.24, 2.45) is 0 Å². The SMILES string of the molecule is O=C(NCC(Cc1ccccc1)(c1cccc(OC(F)(F)F)c1)c1cccc(OC(F)(F)F)c1)OCc1ccc([N+](=O)[O-])cc1. The lowest BCUT2D eigenvalue weighted by Crippen LogP contribution is -2.43. The van der Waals surface area contributed by atoms with Gasteiger partial charge in [0.15, 0.2) is 0 Å². The van der Waals surface area contributed by atoms with Crippen LogP contribution in [0.1, 0.15) is 22.3 Å². The first kappa shape index (κ1) is 32.6. The molecule has 0 spiro atoms. The number of hydrogen-bond donors (Lipinski definition) is 1. The fourth-order valence-electron chi connectivity index (χ4n) is 4.70. The zero-order chi connectivity index (χ0) is 32.7. The Bertz CT molecular complexity index is 1550. The van der Waals surface area contributed by atoms with Gasteiger partial charge in [0, 0.05) is 24.1 Å². The number of ether oxygens (including phenoxy) is 3. The van der Waals surface area contributed by atoms with Crippen LogP contribution in [0.15, 0.2) is 103 Å². The molecule has 4 rings (SSSR count). The summed E-state index contributed by atoms with van der Waals surface area (Å²) in [7, 11) is 0. The molecule has 1 amide bonds. The molecule has 4 aromatic carbocycles. The molecule has 45 heavy (non-hydrogen) atoms. The van der Waals surface area contributed by atoms with E-state index in [0.717, 1.165) is 24.3 Å². The monoisotopic (exact) mass is 634 g/mol. The van der Waals surface area contributed by atoms with Crippen molar-refractivity contribution >= 4 is 11.8 Å². The van der Waals surface area contributed by atoms with Crippen molar-refractivity contribution in [3.63, 3.8) is 0 Å². The smallest absolute Gasteiger partial charge is 0.445 e. The third kappa shape index (κ3) is 9.36. The summed E-state index contributed by atoms with van der Waals surface area (Å²) in [6, 6.07) is 23.7. The number of hydrogen-bond acceptors (Lipinski definition) is 6. The van der Waals surface area contributed by atoms with Crippen molar-refractivity contribution in [1.29, 1.82) is 0 Å². The largest absolute Gasteiger partial charge is 0.573 e. The molecule has 0 aliphatic rings. The molecule has 0 bridgehead atoms. The minimum Gasteiger partial charge on any atom is -0.445 e. The van der Waals surface area contributed by atoms with Crippen molar-refractivity contribution in [3.05, 3.63) is 135 Å². The maximum atomic E-state index is 13.1. The second-order valence-corrected chi connectivity index (χ2v) is 9.75. The lowest BCUT2D eigenvalue weighted by Gasteiger charge is -2.36. The van der Waals surface area contributed by atoms with Crippen LogP contribution >= 0.6 is 0 Å². The lowest BCUT2D eigenvalue weighted by molar-refractivity contribution is -0.384. The highest BCUT2D eigenvalue weighted by Crippen LogP contribution is 2.40. The third-order valence-corrected chi connectivity index (χ3v) is 6.64. The van der Waals surface area contributed by atoms with Crippen molar-refractivity contribution < 1.29 is 50.3 Å². The normalized spacial score (nSPS) is 11.9. The highest BCUT2D eigenvalue weighted by Gasteiger charge is 2.38. The van der Waals surface area contributed by atoms with E-state index in [-0.39, 0.29) is 36.4 Å². The van der Waals surface area contributed by atoms with E-state index in [2.05, 4.69) is 14.8 Å². The van der Waals surface area contributed by atoms with E-state index in [4.69, 9.17) is 4.74 Å². The topological polar surface area (TPSA) is 99.9 Å². The molecule has 14 heteroatoms. The molecule has 0 radical (unpaired) electrons. The molecule has 236 valence electrons. The predicted molar refractivity (Wildman–Crippen MR) is 148 cm³/mol. The fraction of sp³-hybridized carbons (Fsp3) is 0.194. The zero-order valence-corrected chi connectivity index (χ0v) is 23.1. The third-order valence-electron chi connectivity index (χ3n) is 6.64. The number of nitrogens with zero attached hydrogens (tertiary/aromatic N) is 1. The molecule has 0 aromatic heterocycles. The Morgan fingerprint density at radius 1 is 0.711 bits per heavy atom. The molecule has 0 unspecified atom stereocenters. The Labute approximate surface area is 252 Å². The number of nitrogens with one attached hydrogen (secondary N) is 1. The van der Waals surface area contributed by atoms with Crippen LogP contribution in [0.3, 0.4) is 0 Å². The summed E-state index contributed by atoms with van der Waals surface area (Å²) in [6.07, 6.45) is -11.0. The van der Waals surface area contributed by atoms with E-state index < -0.39 is 40.7 Å². The highest BCUT2D eigenvalue weighted by atomic mass is 19.4. The van der Waals surface area contributed by atoms with Gasteiger partial charge < -0.3 is 19.5 Å². The average Bonchev–Trinajstić information content (AvgIpc) is 2.97. The highest BCUT2D eigenvalue weighted by molar-refractivity contribution is 5.68. The lowest BCUT2D eigenvalue weighted by atomic mass is 9.70. The Morgan fingerprint density at radius 3 is 1.73 bits per heavy atom. The molecule has 0 aliphatic carbocycles. The van der Waals surface area contributed by atoms with Gasteiger partial charge in [0.05, 0.1) is 4.92 Å². The number of amides is 1. The number of rotatable bonds is 11. The van der Waals surface area contributed by atoms with Crippen molar-refractivity contribution in [1.82, 2.24) is 5.32 Å². The quantitative estimate of drug-likeness (QED) is 0.103. The summed E-state index contributed by atoms with van der Waals surface area (Å²) < 4.78 is 92.3. The van der Waals surface area contributed by atoms with Gasteiger partial charge in [-0.3, -0.25) is 10.1 Å². The number of carbonyl (C=O) groups is 1. The first-order chi connectivity index (χ1) is 21.2. The molecule has 0 fully saturated rings. The fourth-order valence-corrected chi connectivity index (χ4v) is 4.70. The first-order valence-electron chi connectivity index (χ1n) is 13.1. The van der Waals surface area contributed by atoms with Crippen LogP contribution in [0.25, 0.3) is 0 Å². The van der Waals surface area contributed by atoms with Gasteiger partial charge in [-0.05, 0) is 65.1 Å². The zero-order valence-electron chi connectivity index (χ0n) is 23.1. The Balaban J connectivity index is 1.74. The molecule has 4 aromatic rings. The van der Waals surface area contributed by atoms with Crippen LogP contribution in [-0.2, 0) is 23.2 Å². The number of carbonyl (C=O) groups excluding carboxylic acids is 1. The second kappa shape index (κ2) is 13.6.